The number of pyridine rings is 1. The summed E-state index contributed by atoms with van der Waals surface area (Å²) in [6.45, 7) is 3.23. The molecule has 2 saturated heterocycles. The molecular formula is C15H22N4O2. The van der Waals surface area contributed by atoms with Crippen LogP contribution in [-0.4, -0.2) is 42.7 Å². The van der Waals surface area contributed by atoms with E-state index in [4.69, 9.17) is 10.5 Å². The first-order valence-corrected chi connectivity index (χ1v) is 7.56. The Morgan fingerprint density at radius 3 is 2.62 bits per heavy atom. The van der Waals surface area contributed by atoms with Crippen LogP contribution in [0.5, 0.6) is 0 Å². The molecule has 1 aromatic heterocycles. The van der Waals surface area contributed by atoms with Crippen molar-refractivity contribution in [1.82, 2.24) is 4.98 Å². The molecule has 6 heteroatoms. The molecule has 0 bridgehead atoms. The van der Waals surface area contributed by atoms with E-state index >= 15 is 0 Å². The number of ether oxygens (including phenoxy) is 1. The van der Waals surface area contributed by atoms with Crippen LogP contribution in [0.1, 0.15) is 25.7 Å². The Morgan fingerprint density at radius 2 is 2.00 bits per heavy atom. The third-order valence-electron chi connectivity index (χ3n) is 4.30. The van der Waals surface area contributed by atoms with E-state index in [9.17, 15) is 4.79 Å². The van der Waals surface area contributed by atoms with Crippen molar-refractivity contribution in [3.8, 4) is 0 Å². The van der Waals surface area contributed by atoms with Gasteiger partial charge < -0.3 is 20.7 Å². The van der Waals surface area contributed by atoms with Gasteiger partial charge in [-0.2, -0.15) is 0 Å². The van der Waals surface area contributed by atoms with Crippen LogP contribution in [0.4, 0.5) is 11.5 Å². The van der Waals surface area contributed by atoms with Crippen LogP contribution >= 0.6 is 0 Å². The van der Waals surface area contributed by atoms with Gasteiger partial charge in [0.25, 0.3) is 0 Å². The summed E-state index contributed by atoms with van der Waals surface area (Å²) in [5.74, 6) is 0.381. The number of rotatable bonds is 3. The highest BCUT2D eigenvalue weighted by molar-refractivity contribution is 5.97. The fraction of sp³-hybridized carbons (Fsp3) is 0.600. The van der Waals surface area contributed by atoms with Crippen molar-refractivity contribution in [1.29, 1.82) is 0 Å². The SMILES string of the molecule is NC1(C(=O)Nc2ccc(N3CCCC3)cn2)CCOCC1. The molecule has 3 heterocycles. The second-order valence-corrected chi connectivity index (χ2v) is 5.82. The second-order valence-electron chi connectivity index (χ2n) is 5.82. The first-order chi connectivity index (χ1) is 10.2. The number of anilines is 2. The lowest BCUT2D eigenvalue weighted by molar-refractivity contribution is -0.124. The van der Waals surface area contributed by atoms with Crippen LogP contribution < -0.4 is 16.0 Å². The van der Waals surface area contributed by atoms with E-state index in [0.717, 1.165) is 18.8 Å². The number of nitrogens with two attached hydrogens (primary N) is 1. The van der Waals surface area contributed by atoms with Crippen LogP contribution in [0, 0.1) is 0 Å². The van der Waals surface area contributed by atoms with Crippen molar-refractivity contribution in [2.45, 2.75) is 31.2 Å². The Bertz CT molecular complexity index is 491. The van der Waals surface area contributed by atoms with Gasteiger partial charge in [0.15, 0.2) is 0 Å². The number of hydrogen-bond acceptors (Lipinski definition) is 5. The standard InChI is InChI=1S/C15H22N4O2/c16-15(5-9-21-10-6-15)14(20)18-13-4-3-12(11-17-13)19-7-1-2-8-19/h3-4,11H,1-2,5-10,16H2,(H,17,18,20). The van der Waals surface area contributed by atoms with Crippen molar-refractivity contribution in [2.24, 2.45) is 5.73 Å². The van der Waals surface area contributed by atoms with Crippen molar-refractivity contribution in [3.63, 3.8) is 0 Å². The van der Waals surface area contributed by atoms with E-state index in [1.54, 1.807) is 0 Å². The van der Waals surface area contributed by atoms with Gasteiger partial charge in [-0.15, -0.1) is 0 Å². The molecule has 0 aromatic carbocycles. The van der Waals surface area contributed by atoms with E-state index in [-0.39, 0.29) is 5.91 Å². The summed E-state index contributed by atoms with van der Waals surface area (Å²) >= 11 is 0. The average molecular weight is 290 g/mol. The zero-order valence-corrected chi connectivity index (χ0v) is 12.2. The fourth-order valence-corrected chi connectivity index (χ4v) is 2.83. The smallest absolute Gasteiger partial charge is 0.245 e. The summed E-state index contributed by atoms with van der Waals surface area (Å²) in [5.41, 5.74) is 6.42. The zero-order chi connectivity index (χ0) is 14.7. The van der Waals surface area contributed by atoms with Crippen molar-refractivity contribution in [3.05, 3.63) is 18.3 Å². The maximum absolute atomic E-state index is 12.3. The highest BCUT2D eigenvalue weighted by atomic mass is 16.5. The van der Waals surface area contributed by atoms with Gasteiger partial charge in [0.1, 0.15) is 11.4 Å². The van der Waals surface area contributed by atoms with Gasteiger partial charge in [-0.3, -0.25) is 4.79 Å². The predicted octanol–water partition coefficient (Wildman–Crippen LogP) is 1.13. The van der Waals surface area contributed by atoms with Gasteiger partial charge in [-0.25, -0.2) is 4.98 Å². The molecule has 2 aliphatic heterocycles. The van der Waals surface area contributed by atoms with Crippen molar-refractivity contribution >= 4 is 17.4 Å². The number of hydrogen-bond donors (Lipinski definition) is 2. The zero-order valence-electron chi connectivity index (χ0n) is 12.2. The van der Waals surface area contributed by atoms with Gasteiger partial charge >= 0.3 is 0 Å². The highest BCUT2D eigenvalue weighted by Gasteiger charge is 2.36. The quantitative estimate of drug-likeness (QED) is 0.872. The minimum atomic E-state index is -0.840. The molecule has 1 amide bonds. The van der Waals surface area contributed by atoms with Crippen LogP contribution in [0.3, 0.4) is 0 Å². The molecule has 0 aliphatic carbocycles. The third kappa shape index (κ3) is 3.16. The lowest BCUT2D eigenvalue weighted by Gasteiger charge is -2.31. The molecule has 0 atom stereocenters. The average Bonchev–Trinajstić information content (AvgIpc) is 3.03. The fourth-order valence-electron chi connectivity index (χ4n) is 2.83. The van der Waals surface area contributed by atoms with E-state index in [1.165, 1.54) is 12.8 Å². The molecule has 3 rings (SSSR count). The van der Waals surface area contributed by atoms with E-state index < -0.39 is 5.54 Å². The van der Waals surface area contributed by atoms with Crippen LogP contribution in [0.2, 0.25) is 0 Å². The maximum atomic E-state index is 12.3. The Balaban J connectivity index is 1.63. The molecule has 0 unspecified atom stereocenters. The first-order valence-electron chi connectivity index (χ1n) is 7.56. The van der Waals surface area contributed by atoms with Gasteiger partial charge in [0.05, 0.1) is 11.9 Å². The third-order valence-corrected chi connectivity index (χ3v) is 4.30. The molecule has 2 fully saturated rings. The molecule has 114 valence electrons. The number of amides is 1. The van der Waals surface area contributed by atoms with Crippen LogP contribution in [-0.2, 0) is 9.53 Å². The highest BCUT2D eigenvalue weighted by Crippen LogP contribution is 2.22. The largest absolute Gasteiger partial charge is 0.381 e. The van der Waals surface area contributed by atoms with Crippen LogP contribution in [0.15, 0.2) is 18.3 Å². The topological polar surface area (TPSA) is 80.5 Å². The molecule has 0 saturated carbocycles. The lowest BCUT2D eigenvalue weighted by atomic mass is 9.90. The second kappa shape index (κ2) is 5.99. The number of carbonyl (C=O) groups excluding carboxylic acids is 1. The van der Waals surface area contributed by atoms with Gasteiger partial charge in [0.2, 0.25) is 5.91 Å². The number of nitrogens with one attached hydrogen (secondary N) is 1. The molecular weight excluding hydrogens is 268 g/mol. The molecule has 0 spiro atoms. The normalized spacial score (nSPS) is 21.3. The summed E-state index contributed by atoms with van der Waals surface area (Å²) in [6.07, 6.45) is 5.37. The molecule has 21 heavy (non-hydrogen) atoms. The van der Waals surface area contributed by atoms with Crippen molar-refractivity contribution in [2.75, 3.05) is 36.5 Å². The van der Waals surface area contributed by atoms with Gasteiger partial charge in [-0.05, 0) is 37.8 Å². The van der Waals surface area contributed by atoms with Gasteiger partial charge in [-0.1, -0.05) is 0 Å². The maximum Gasteiger partial charge on any atom is 0.245 e. The summed E-state index contributed by atoms with van der Waals surface area (Å²) in [5, 5.41) is 2.82. The van der Waals surface area contributed by atoms with Crippen LogP contribution in [0.25, 0.3) is 0 Å². The number of carbonyl (C=O) groups is 1. The molecule has 6 nitrogen and oxygen atoms in total. The summed E-state index contributed by atoms with van der Waals surface area (Å²) in [4.78, 5) is 18.9. The number of nitrogens with zero attached hydrogens (tertiary/aromatic N) is 2. The first kappa shape index (κ1) is 14.3. The van der Waals surface area contributed by atoms with Gasteiger partial charge in [0, 0.05) is 26.3 Å². The molecule has 1 aromatic rings. The van der Waals surface area contributed by atoms with E-state index in [0.29, 0.717) is 31.9 Å². The Morgan fingerprint density at radius 1 is 1.29 bits per heavy atom. The lowest BCUT2D eigenvalue weighted by Crippen LogP contribution is -2.54. The monoisotopic (exact) mass is 290 g/mol. The molecule has 2 aliphatic rings. The minimum absolute atomic E-state index is 0.174. The Hall–Kier alpha value is -1.66. The Kier molecular flexibility index (Phi) is 4.07. The molecule has 0 radical (unpaired) electrons. The number of aromatic nitrogens is 1. The van der Waals surface area contributed by atoms with Crippen molar-refractivity contribution < 1.29 is 9.53 Å². The summed E-state index contributed by atoms with van der Waals surface area (Å²) in [6, 6.07) is 3.84. The summed E-state index contributed by atoms with van der Waals surface area (Å²) < 4.78 is 5.26. The van der Waals surface area contributed by atoms with E-state index in [2.05, 4.69) is 15.2 Å². The van der Waals surface area contributed by atoms with E-state index in [1.807, 2.05) is 18.3 Å². The Labute approximate surface area is 124 Å². The molecule has 3 N–H and O–H groups in total. The minimum Gasteiger partial charge on any atom is -0.381 e. The predicted molar refractivity (Wildman–Crippen MR) is 81.3 cm³/mol. The summed E-state index contributed by atoms with van der Waals surface area (Å²) in [7, 11) is 0.